The van der Waals surface area contributed by atoms with Crippen molar-refractivity contribution < 1.29 is 5.11 Å². The topological polar surface area (TPSA) is 121 Å². The molecule has 1 aromatic rings. The van der Waals surface area contributed by atoms with Crippen molar-refractivity contribution in [3.05, 3.63) is 23.8 Å². The van der Waals surface area contributed by atoms with E-state index in [4.69, 9.17) is 10.8 Å². The molecule has 0 aliphatic carbocycles. The second-order valence-electron chi connectivity index (χ2n) is 4.71. The predicted molar refractivity (Wildman–Crippen MR) is 75.0 cm³/mol. The van der Waals surface area contributed by atoms with E-state index in [1.165, 1.54) is 12.5 Å². The van der Waals surface area contributed by atoms with Crippen LogP contribution in [-0.4, -0.2) is 44.5 Å². The number of hydrogen-bond acceptors (Lipinski definition) is 8. The summed E-state index contributed by atoms with van der Waals surface area (Å²) in [5.74, 6) is 0.829. The van der Waals surface area contributed by atoms with Crippen LogP contribution in [0, 0.1) is 0 Å². The minimum atomic E-state index is -0.768. The standard InChI is InChI=1S/C12H13N7O/c1-12(2-7-3-15-8(5-20)4-14-7)18-10(13)9-11(19-12)17-6-16-9/h3-4,6,20H,2,5H2,1H3,(H2,13,18). The minimum absolute atomic E-state index is 0.132. The lowest BCUT2D eigenvalue weighted by Gasteiger charge is -2.25. The minimum Gasteiger partial charge on any atom is -0.390 e. The third-order valence-corrected chi connectivity index (χ3v) is 2.97. The van der Waals surface area contributed by atoms with Crippen LogP contribution in [0.4, 0.5) is 0 Å². The van der Waals surface area contributed by atoms with Gasteiger partial charge in [-0.15, -0.1) is 0 Å². The molecular formula is C12H13N7O. The molecule has 2 aliphatic rings. The van der Waals surface area contributed by atoms with E-state index < -0.39 is 5.66 Å². The number of aromatic nitrogens is 2. The highest BCUT2D eigenvalue weighted by Crippen LogP contribution is 2.23. The summed E-state index contributed by atoms with van der Waals surface area (Å²) < 4.78 is 0. The van der Waals surface area contributed by atoms with E-state index in [-0.39, 0.29) is 6.61 Å². The second-order valence-corrected chi connectivity index (χ2v) is 4.71. The fourth-order valence-corrected chi connectivity index (χ4v) is 2.06. The summed E-state index contributed by atoms with van der Waals surface area (Å²) in [4.78, 5) is 25.2. The lowest BCUT2D eigenvalue weighted by Crippen LogP contribution is -2.40. The molecule has 1 aromatic heterocycles. The number of rotatable bonds is 3. The molecule has 3 rings (SSSR count). The van der Waals surface area contributed by atoms with Crippen molar-refractivity contribution in [3.8, 4) is 0 Å². The average molecular weight is 271 g/mol. The summed E-state index contributed by atoms with van der Waals surface area (Å²) in [6.45, 7) is 1.71. The van der Waals surface area contributed by atoms with E-state index >= 15 is 0 Å². The van der Waals surface area contributed by atoms with Crippen LogP contribution in [0.5, 0.6) is 0 Å². The molecule has 0 radical (unpaired) electrons. The van der Waals surface area contributed by atoms with Crippen LogP contribution in [0.25, 0.3) is 0 Å². The number of hydrogen-bond donors (Lipinski definition) is 2. The molecule has 0 fully saturated rings. The number of aliphatic hydroxyl groups is 1. The molecule has 0 saturated carbocycles. The molecular weight excluding hydrogens is 258 g/mol. The molecule has 0 aromatic carbocycles. The Morgan fingerprint density at radius 1 is 1.20 bits per heavy atom. The zero-order valence-corrected chi connectivity index (χ0v) is 10.9. The number of aliphatic imine (C=N–C) groups is 4. The number of nitrogens with zero attached hydrogens (tertiary/aromatic N) is 6. The first-order chi connectivity index (χ1) is 9.59. The Hall–Kier alpha value is -2.48. The molecule has 20 heavy (non-hydrogen) atoms. The summed E-state index contributed by atoms with van der Waals surface area (Å²) in [5, 5.41) is 8.95. The Kier molecular flexibility index (Phi) is 2.87. The van der Waals surface area contributed by atoms with Gasteiger partial charge in [-0.1, -0.05) is 0 Å². The van der Waals surface area contributed by atoms with Gasteiger partial charge in [-0.2, -0.15) is 0 Å². The summed E-state index contributed by atoms with van der Waals surface area (Å²) >= 11 is 0. The molecule has 2 aliphatic heterocycles. The van der Waals surface area contributed by atoms with Crippen molar-refractivity contribution in [1.29, 1.82) is 0 Å². The highest BCUT2D eigenvalue weighted by Gasteiger charge is 2.33. The number of nitrogens with two attached hydrogens (primary N) is 1. The van der Waals surface area contributed by atoms with Crippen LogP contribution in [0.3, 0.4) is 0 Å². The Balaban J connectivity index is 1.87. The number of aliphatic hydroxyl groups excluding tert-OH is 1. The quantitative estimate of drug-likeness (QED) is 0.768. The number of amidine groups is 2. The van der Waals surface area contributed by atoms with E-state index in [9.17, 15) is 0 Å². The Morgan fingerprint density at radius 3 is 2.65 bits per heavy atom. The lowest BCUT2D eigenvalue weighted by molar-refractivity contribution is 0.276. The van der Waals surface area contributed by atoms with Crippen LogP contribution in [0.2, 0.25) is 0 Å². The molecule has 3 N–H and O–H groups in total. The van der Waals surface area contributed by atoms with Crippen molar-refractivity contribution in [2.45, 2.75) is 25.6 Å². The maximum absolute atomic E-state index is 8.95. The lowest BCUT2D eigenvalue weighted by atomic mass is 10.1. The Labute approximate surface area is 114 Å². The van der Waals surface area contributed by atoms with Crippen molar-refractivity contribution in [3.63, 3.8) is 0 Å². The summed E-state index contributed by atoms with van der Waals surface area (Å²) in [7, 11) is 0. The zero-order valence-electron chi connectivity index (χ0n) is 10.9. The fraction of sp³-hybridized carbons (Fsp3) is 0.333. The van der Waals surface area contributed by atoms with Crippen molar-refractivity contribution in [2.75, 3.05) is 0 Å². The van der Waals surface area contributed by atoms with Crippen molar-refractivity contribution in [1.82, 2.24) is 9.97 Å². The summed E-state index contributed by atoms with van der Waals surface area (Å²) in [6, 6.07) is 0. The molecule has 0 bridgehead atoms. The molecule has 102 valence electrons. The zero-order chi connectivity index (χ0) is 14.2. The van der Waals surface area contributed by atoms with Gasteiger partial charge in [0.25, 0.3) is 0 Å². The fourth-order valence-electron chi connectivity index (χ4n) is 2.06. The molecule has 1 atom stereocenters. The first kappa shape index (κ1) is 12.5. The maximum Gasteiger partial charge on any atom is 0.181 e. The van der Waals surface area contributed by atoms with Crippen LogP contribution >= 0.6 is 0 Å². The third kappa shape index (κ3) is 2.21. The van der Waals surface area contributed by atoms with Crippen molar-refractivity contribution >= 4 is 23.7 Å². The molecule has 0 amide bonds. The first-order valence-corrected chi connectivity index (χ1v) is 6.06. The van der Waals surface area contributed by atoms with Gasteiger partial charge in [0.05, 0.1) is 24.2 Å². The highest BCUT2D eigenvalue weighted by atomic mass is 16.3. The van der Waals surface area contributed by atoms with Gasteiger partial charge in [0, 0.05) is 12.6 Å². The van der Waals surface area contributed by atoms with Gasteiger partial charge in [-0.05, 0) is 6.92 Å². The SMILES string of the molecule is CC1(Cc2cnc(CO)cn2)N=C(N)C2=NC=NC2=N1. The summed E-state index contributed by atoms with van der Waals surface area (Å²) in [5.41, 5.74) is 6.87. The monoisotopic (exact) mass is 271 g/mol. The Bertz CT molecular complexity index is 659. The maximum atomic E-state index is 8.95. The molecule has 1 unspecified atom stereocenters. The second kappa shape index (κ2) is 4.57. The van der Waals surface area contributed by atoms with Gasteiger partial charge >= 0.3 is 0 Å². The highest BCUT2D eigenvalue weighted by molar-refractivity contribution is 6.70. The van der Waals surface area contributed by atoms with Crippen LogP contribution in [0.15, 0.2) is 32.4 Å². The molecule has 3 heterocycles. The molecule has 8 heteroatoms. The largest absolute Gasteiger partial charge is 0.390 e. The van der Waals surface area contributed by atoms with E-state index in [1.54, 1.807) is 6.20 Å². The van der Waals surface area contributed by atoms with Gasteiger partial charge in [0.15, 0.2) is 23.0 Å². The smallest absolute Gasteiger partial charge is 0.181 e. The number of fused-ring (bicyclic) bond motifs is 1. The average Bonchev–Trinajstić information content (AvgIpc) is 2.87. The summed E-state index contributed by atoms with van der Waals surface area (Å²) in [6.07, 6.45) is 4.99. The molecule has 0 spiro atoms. The van der Waals surface area contributed by atoms with Crippen LogP contribution < -0.4 is 5.73 Å². The molecule has 0 saturated heterocycles. The van der Waals surface area contributed by atoms with E-state index in [1.807, 2.05) is 6.92 Å². The van der Waals surface area contributed by atoms with E-state index in [2.05, 4.69) is 29.9 Å². The van der Waals surface area contributed by atoms with E-state index in [0.29, 0.717) is 35.2 Å². The van der Waals surface area contributed by atoms with Crippen LogP contribution in [-0.2, 0) is 13.0 Å². The third-order valence-electron chi connectivity index (χ3n) is 2.97. The van der Waals surface area contributed by atoms with Gasteiger partial charge in [0.1, 0.15) is 6.34 Å². The van der Waals surface area contributed by atoms with Gasteiger partial charge < -0.3 is 10.8 Å². The van der Waals surface area contributed by atoms with Gasteiger partial charge in [-0.25, -0.2) is 20.0 Å². The van der Waals surface area contributed by atoms with Gasteiger partial charge in [-0.3, -0.25) is 9.97 Å². The van der Waals surface area contributed by atoms with Crippen LogP contribution in [0.1, 0.15) is 18.3 Å². The van der Waals surface area contributed by atoms with Gasteiger partial charge in [0.2, 0.25) is 0 Å². The first-order valence-electron chi connectivity index (χ1n) is 6.06. The van der Waals surface area contributed by atoms with E-state index in [0.717, 1.165) is 0 Å². The van der Waals surface area contributed by atoms with Crippen molar-refractivity contribution in [2.24, 2.45) is 25.7 Å². The normalized spacial score (nSPS) is 24.0. The Morgan fingerprint density at radius 2 is 1.95 bits per heavy atom. The molecule has 8 nitrogen and oxygen atoms in total. The predicted octanol–water partition coefficient (Wildman–Crippen LogP) is -0.520.